The average Bonchev–Trinajstić information content (AvgIpc) is 2.80. The SMILES string of the molecule is Cc1nnc2ccc(N3CCC[C@H](C(=O)O)C3)nn12. The third kappa shape index (κ3) is 2.11. The van der Waals surface area contributed by atoms with Crippen molar-refractivity contribution in [3.05, 3.63) is 18.0 Å². The summed E-state index contributed by atoms with van der Waals surface area (Å²) in [5.41, 5.74) is 0.702. The molecule has 100 valence electrons. The lowest BCUT2D eigenvalue weighted by atomic mass is 9.98. The van der Waals surface area contributed by atoms with E-state index in [1.54, 1.807) is 4.52 Å². The molecule has 1 saturated heterocycles. The first kappa shape index (κ1) is 11.9. The molecule has 1 aliphatic rings. The largest absolute Gasteiger partial charge is 0.481 e. The van der Waals surface area contributed by atoms with Gasteiger partial charge in [0.05, 0.1) is 5.92 Å². The molecule has 1 atom stereocenters. The van der Waals surface area contributed by atoms with Gasteiger partial charge in [0.25, 0.3) is 0 Å². The number of carbonyl (C=O) groups is 1. The third-order valence-electron chi connectivity index (χ3n) is 3.50. The Bertz CT molecular complexity index is 624. The summed E-state index contributed by atoms with van der Waals surface area (Å²) in [4.78, 5) is 13.1. The van der Waals surface area contributed by atoms with Crippen molar-refractivity contribution in [1.82, 2.24) is 19.8 Å². The van der Waals surface area contributed by atoms with E-state index in [1.807, 2.05) is 24.0 Å². The van der Waals surface area contributed by atoms with Gasteiger partial charge in [-0.05, 0) is 31.9 Å². The maximum absolute atomic E-state index is 11.1. The number of hydrogen-bond acceptors (Lipinski definition) is 5. The van der Waals surface area contributed by atoms with Crippen LogP contribution in [-0.4, -0.2) is 44.0 Å². The van der Waals surface area contributed by atoms with Gasteiger partial charge in [0.1, 0.15) is 5.82 Å². The van der Waals surface area contributed by atoms with E-state index in [4.69, 9.17) is 5.11 Å². The summed E-state index contributed by atoms with van der Waals surface area (Å²) in [7, 11) is 0. The number of fused-ring (bicyclic) bond motifs is 1. The minimum atomic E-state index is -0.730. The Labute approximate surface area is 109 Å². The van der Waals surface area contributed by atoms with Crippen LogP contribution in [0.5, 0.6) is 0 Å². The molecule has 0 spiro atoms. The van der Waals surface area contributed by atoms with Gasteiger partial charge in [-0.25, -0.2) is 0 Å². The number of aromatic nitrogens is 4. The topological polar surface area (TPSA) is 83.6 Å². The minimum absolute atomic E-state index is 0.312. The highest BCUT2D eigenvalue weighted by molar-refractivity contribution is 5.71. The maximum atomic E-state index is 11.1. The van der Waals surface area contributed by atoms with E-state index in [1.165, 1.54) is 0 Å². The van der Waals surface area contributed by atoms with Gasteiger partial charge >= 0.3 is 5.97 Å². The first-order valence-corrected chi connectivity index (χ1v) is 6.32. The minimum Gasteiger partial charge on any atom is -0.481 e. The fourth-order valence-electron chi connectivity index (χ4n) is 2.44. The van der Waals surface area contributed by atoms with E-state index in [-0.39, 0.29) is 5.92 Å². The number of hydrogen-bond donors (Lipinski definition) is 1. The van der Waals surface area contributed by atoms with Crippen LogP contribution >= 0.6 is 0 Å². The summed E-state index contributed by atoms with van der Waals surface area (Å²) in [6, 6.07) is 3.72. The lowest BCUT2D eigenvalue weighted by Gasteiger charge is -2.31. The van der Waals surface area contributed by atoms with Crippen LogP contribution in [0.4, 0.5) is 5.82 Å². The molecule has 1 fully saturated rings. The Balaban J connectivity index is 1.90. The van der Waals surface area contributed by atoms with Crippen molar-refractivity contribution in [2.45, 2.75) is 19.8 Å². The number of carboxylic acid groups (broad SMARTS) is 1. The van der Waals surface area contributed by atoms with Gasteiger partial charge in [-0.15, -0.1) is 15.3 Å². The van der Waals surface area contributed by atoms with Gasteiger partial charge in [0, 0.05) is 13.1 Å². The number of carboxylic acids is 1. The number of anilines is 1. The van der Waals surface area contributed by atoms with Crippen LogP contribution in [0, 0.1) is 12.8 Å². The molecule has 1 N–H and O–H groups in total. The molecule has 1 aliphatic heterocycles. The van der Waals surface area contributed by atoms with Crippen LogP contribution in [0.3, 0.4) is 0 Å². The lowest BCUT2D eigenvalue weighted by Crippen LogP contribution is -2.39. The normalized spacial score (nSPS) is 19.8. The molecule has 0 saturated carbocycles. The molecule has 0 unspecified atom stereocenters. The van der Waals surface area contributed by atoms with Gasteiger partial charge < -0.3 is 10.0 Å². The zero-order valence-corrected chi connectivity index (χ0v) is 10.7. The molecule has 0 aliphatic carbocycles. The summed E-state index contributed by atoms with van der Waals surface area (Å²) in [6.45, 7) is 3.19. The second kappa shape index (κ2) is 4.49. The van der Waals surface area contributed by atoms with Gasteiger partial charge in [0.15, 0.2) is 11.5 Å². The van der Waals surface area contributed by atoms with E-state index in [2.05, 4.69) is 15.3 Å². The molecule has 2 aromatic rings. The standard InChI is InChI=1S/C12H15N5O2/c1-8-13-14-10-4-5-11(15-17(8)10)16-6-2-3-9(7-16)12(18)19/h4-5,9H,2-3,6-7H2,1H3,(H,18,19)/t9-/m0/s1. The first-order valence-electron chi connectivity index (χ1n) is 6.32. The summed E-state index contributed by atoms with van der Waals surface area (Å²) in [6.07, 6.45) is 1.61. The fourth-order valence-corrected chi connectivity index (χ4v) is 2.44. The molecular weight excluding hydrogens is 246 g/mol. The first-order chi connectivity index (χ1) is 9.15. The van der Waals surface area contributed by atoms with Crippen LogP contribution in [-0.2, 0) is 4.79 Å². The maximum Gasteiger partial charge on any atom is 0.308 e. The van der Waals surface area contributed by atoms with Crippen molar-refractivity contribution >= 4 is 17.4 Å². The zero-order chi connectivity index (χ0) is 13.4. The van der Waals surface area contributed by atoms with E-state index in [0.29, 0.717) is 12.2 Å². The zero-order valence-electron chi connectivity index (χ0n) is 10.7. The smallest absolute Gasteiger partial charge is 0.308 e. The molecular formula is C12H15N5O2. The summed E-state index contributed by atoms with van der Waals surface area (Å²) < 4.78 is 1.68. The summed E-state index contributed by atoms with van der Waals surface area (Å²) in [5.74, 6) is 0.463. The van der Waals surface area contributed by atoms with Crippen molar-refractivity contribution in [2.24, 2.45) is 5.92 Å². The predicted molar refractivity (Wildman–Crippen MR) is 68.1 cm³/mol. The molecule has 0 aromatic carbocycles. The summed E-state index contributed by atoms with van der Waals surface area (Å²) >= 11 is 0. The van der Waals surface area contributed by atoms with Crippen molar-refractivity contribution in [1.29, 1.82) is 0 Å². The monoisotopic (exact) mass is 261 g/mol. The van der Waals surface area contributed by atoms with Crippen LogP contribution in [0.1, 0.15) is 18.7 Å². The van der Waals surface area contributed by atoms with Crippen molar-refractivity contribution in [3.63, 3.8) is 0 Å². The Morgan fingerprint density at radius 2 is 2.26 bits per heavy atom. The second-order valence-corrected chi connectivity index (χ2v) is 4.83. The fraction of sp³-hybridized carbons (Fsp3) is 0.500. The molecule has 0 radical (unpaired) electrons. The molecule has 0 amide bonds. The number of aliphatic carboxylic acids is 1. The number of piperidine rings is 1. The highest BCUT2D eigenvalue weighted by atomic mass is 16.4. The quantitative estimate of drug-likeness (QED) is 0.858. The van der Waals surface area contributed by atoms with Crippen molar-refractivity contribution in [3.8, 4) is 0 Å². The predicted octanol–water partition coefficient (Wildman–Crippen LogP) is 0.734. The van der Waals surface area contributed by atoms with E-state index < -0.39 is 5.97 Å². The molecule has 7 nitrogen and oxygen atoms in total. The second-order valence-electron chi connectivity index (χ2n) is 4.83. The molecule has 3 rings (SSSR count). The van der Waals surface area contributed by atoms with E-state index in [9.17, 15) is 4.79 Å². The molecule has 3 heterocycles. The molecule has 2 aromatic heterocycles. The van der Waals surface area contributed by atoms with Crippen molar-refractivity contribution < 1.29 is 9.90 Å². The van der Waals surface area contributed by atoms with Gasteiger partial charge in [-0.1, -0.05) is 0 Å². The molecule has 19 heavy (non-hydrogen) atoms. The van der Waals surface area contributed by atoms with Crippen molar-refractivity contribution in [2.75, 3.05) is 18.0 Å². The lowest BCUT2D eigenvalue weighted by molar-refractivity contribution is -0.141. The Morgan fingerprint density at radius 1 is 1.42 bits per heavy atom. The van der Waals surface area contributed by atoms with E-state index in [0.717, 1.165) is 31.0 Å². The van der Waals surface area contributed by atoms with Gasteiger partial charge in [-0.2, -0.15) is 4.52 Å². The van der Waals surface area contributed by atoms with Crippen LogP contribution in [0.25, 0.3) is 5.65 Å². The van der Waals surface area contributed by atoms with E-state index >= 15 is 0 Å². The van der Waals surface area contributed by atoms with Gasteiger partial charge in [-0.3, -0.25) is 4.79 Å². The highest BCUT2D eigenvalue weighted by Gasteiger charge is 2.26. The number of rotatable bonds is 2. The summed E-state index contributed by atoms with van der Waals surface area (Å²) in [5, 5.41) is 21.5. The van der Waals surface area contributed by atoms with Gasteiger partial charge in [0.2, 0.25) is 0 Å². The van der Waals surface area contributed by atoms with Crippen LogP contribution < -0.4 is 4.90 Å². The Kier molecular flexibility index (Phi) is 2.81. The number of aryl methyl sites for hydroxylation is 1. The molecule has 0 bridgehead atoms. The van der Waals surface area contributed by atoms with Crippen LogP contribution in [0.2, 0.25) is 0 Å². The molecule has 7 heteroatoms. The highest BCUT2D eigenvalue weighted by Crippen LogP contribution is 2.22. The number of nitrogens with zero attached hydrogens (tertiary/aromatic N) is 5. The Hall–Kier alpha value is -2.18. The Morgan fingerprint density at radius 3 is 3.05 bits per heavy atom. The average molecular weight is 261 g/mol. The van der Waals surface area contributed by atoms with Crippen LogP contribution in [0.15, 0.2) is 12.1 Å². The third-order valence-corrected chi connectivity index (χ3v) is 3.50.